The first-order valence-electron chi connectivity index (χ1n) is 19.9. The third kappa shape index (κ3) is 8.36. The van der Waals surface area contributed by atoms with Gasteiger partial charge in [-0.2, -0.15) is 4.98 Å². The van der Waals surface area contributed by atoms with Crippen molar-refractivity contribution in [2.45, 2.75) is 38.1 Å². The Balaban J connectivity index is 0.824. The van der Waals surface area contributed by atoms with Crippen LogP contribution in [0, 0.1) is 11.7 Å². The normalized spacial score (nSPS) is 21.4. The number of imide groups is 1. The number of primary amides is 1. The average Bonchev–Trinajstić information content (AvgIpc) is 3.55. The molecule has 1 aromatic heterocycles. The molecule has 57 heavy (non-hydrogen) atoms. The van der Waals surface area contributed by atoms with E-state index in [1.54, 1.807) is 29.0 Å². The maximum Gasteiger partial charge on any atom is 0.328 e. The highest BCUT2D eigenvalue weighted by Gasteiger charge is 2.35. The minimum atomic E-state index is -0.802. The number of hydrogen-bond donors (Lipinski definition) is 3. The van der Waals surface area contributed by atoms with E-state index in [1.165, 1.54) is 6.07 Å². The SMILES string of the molecule is CN1CCN(C2CCCN(c3nnc(C(N)=O)c(Nc4ccc(N5CCN(CC6CCN(c7ccc(N8CCC(=O)NC8=O)cc7)CC6)CC5)c(F)c4)n3)C2)C1=O. The lowest BCUT2D eigenvalue weighted by Crippen LogP contribution is -2.49. The fourth-order valence-electron chi connectivity index (χ4n) is 8.64. The van der Waals surface area contributed by atoms with Crippen LogP contribution < -0.4 is 36.0 Å². The summed E-state index contributed by atoms with van der Waals surface area (Å²) in [6.45, 7) is 8.99. The van der Waals surface area contributed by atoms with Gasteiger partial charge < -0.3 is 35.6 Å². The van der Waals surface area contributed by atoms with Gasteiger partial charge in [0.2, 0.25) is 11.9 Å². The maximum absolute atomic E-state index is 15.7. The van der Waals surface area contributed by atoms with E-state index in [0.717, 1.165) is 69.8 Å². The highest BCUT2D eigenvalue weighted by molar-refractivity contribution is 6.05. The van der Waals surface area contributed by atoms with E-state index in [9.17, 15) is 19.2 Å². The number of nitrogens with zero attached hydrogens (tertiary/aromatic N) is 10. The number of aromatic nitrogens is 3. The molecule has 4 N–H and O–H groups in total. The van der Waals surface area contributed by atoms with Crippen molar-refractivity contribution < 1.29 is 23.6 Å². The summed E-state index contributed by atoms with van der Waals surface area (Å²) in [7, 11) is 1.80. The number of likely N-dealkylation sites (N-methyl/N-ethyl adjacent to an activating group) is 1. The van der Waals surface area contributed by atoms with Gasteiger partial charge in [0.1, 0.15) is 5.82 Å². The molecule has 2 aromatic carbocycles. The number of benzene rings is 2. The zero-order valence-corrected chi connectivity index (χ0v) is 32.3. The number of rotatable bonds is 10. The van der Waals surface area contributed by atoms with Gasteiger partial charge in [-0.3, -0.25) is 24.7 Å². The van der Waals surface area contributed by atoms with E-state index in [4.69, 9.17) is 5.73 Å². The second-order valence-electron chi connectivity index (χ2n) is 15.6. The predicted molar refractivity (Wildman–Crippen MR) is 214 cm³/mol. The lowest BCUT2D eigenvalue weighted by Gasteiger charge is -2.40. The highest BCUT2D eigenvalue weighted by Crippen LogP contribution is 2.30. The van der Waals surface area contributed by atoms with Crippen molar-refractivity contribution in [2.75, 3.05) is 111 Å². The van der Waals surface area contributed by atoms with Crippen LogP contribution >= 0.6 is 0 Å². The number of anilines is 6. The first-order valence-corrected chi connectivity index (χ1v) is 19.9. The molecule has 18 heteroatoms. The number of carbonyl (C=O) groups is 4. The van der Waals surface area contributed by atoms with E-state index < -0.39 is 5.91 Å². The summed E-state index contributed by atoms with van der Waals surface area (Å²) in [5.74, 6) is -0.438. The zero-order valence-electron chi connectivity index (χ0n) is 32.3. The molecule has 5 fully saturated rings. The fourth-order valence-corrected chi connectivity index (χ4v) is 8.64. The lowest BCUT2D eigenvalue weighted by atomic mass is 9.95. The van der Waals surface area contributed by atoms with Crippen LogP contribution in [0.3, 0.4) is 0 Å². The van der Waals surface area contributed by atoms with Crippen LogP contribution in [0.1, 0.15) is 42.6 Å². The van der Waals surface area contributed by atoms with Crippen LogP contribution in [0.25, 0.3) is 0 Å². The summed E-state index contributed by atoms with van der Waals surface area (Å²) in [5.41, 5.74) is 8.32. The lowest BCUT2D eigenvalue weighted by molar-refractivity contribution is -0.120. The predicted octanol–water partition coefficient (Wildman–Crippen LogP) is 2.67. The molecule has 0 spiro atoms. The molecule has 6 heterocycles. The quantitative estimate of drug-likeness (QED) is 0.274. The molecule has 0 aliphatic carbocycles. The standard InChI is InChI=1S/C39H50FN13O4/c1-47-17-22-53(39(47)57)30-3-2-13-51(25-30)37-44-36(34(35(41)55)45-46-37)42-27-4-9-32(31(40)23-27)50-20-18-48(19-21-50)24-26-10-14-49(15-11-26)28-5-7-29(8-6-28)52-16-12-33(54)43-38(52)56/h4-9,23,26,30H,2-3,10-22,24-25H2,1H3,(H2,41,55)(H,42,44,46)(H,43,54,56). The second-order valence-corrected chi connectivity index (χ2v) is 15.6. The molecule has 1 atom stereocenters. The molecule has 0 saturated carbocycles. The van der Waals surface area contributed by atoms with Crippen molar-refractivity contribution in [3.8, 4) is 0 Å². The van der Waals surface area contributed by atoms with Crippen LogP contribution in [-0.4, -0.2) is 145 Å². The molecule has 5 aliphatic rings. The number of piperazine rings is 1. The minimum absolute atomic E-state index is 0.0132. The highest BCUT2D eigenvalue weighted by atomic mass is 19.1. The van der Waals surface area contributed by atoms with E-state index in [2.05, 4.69) is 40.5 Å². The number of piperidine rings is 2. The third-order valence-electron chi connectivity index (χ3n) is 11.9. The van der Waals surface area contributed by atoms with Crippen molar-refractivity contribution in [1.29, 1.82) is 0 Å². The van der Waals surface area contributed by atoms with Gasteiger partial charge in [-0.1, -0.05) is 0 Å². The molecule has 3 aromatic rings. The van der Waals surface area contributed by atoms with E-state index >= 15 is 4.39 Å². The monoisotopic (exact) mass is 783 g/mol. The smallest absolute Gasteiger partial charge is 0.328 e. The first kappa shape index (κ1) is 38.1. The Labute approximate surface area is 330 Å². The summed E-state index contributed by atoms with van der Waals surface area (Å²) in [5, 5.41) is 13.7. The Hall–Kier alpha value is -5.78. The Morgan fingerprint density at radius 1 is 0.860 bits per heavy atom. The Bertz CT molecular complexity index is 1990. The minimum Gasteiger partial charge on any atom is -0.372 e. The molecule has 0 bridgehead atoms. The van der Waals surface area contributed by atoms with Gasteiger partial charge in [-0.05, 0) is 74.1 Å². The summed E-state index contributed by atoms with van der Waals surface area (Å²) >= 11 is 0. The van der Waals surface area contributed by atoms with Crippen molar-refractivity contribution in [1.82, 2.24) is 35.2 Å². The average molecular weight is 784 g/mol. The number of urea groups is 2. The third-order valence-corrected chi connectivity index (χ3v) is 11.9. The Kier molecular flexibility index (Phi) is 10.9. The zero-order chi connectivity index (χ0) is 39.6. The van der Waals surface area contributed by atoms with Crippen LogP contribution in [0.15, 0.2) is 42.5 Å². The fraction of sp³-hybridized carbons (Fsp3) is 0.513. The molecule has 8 rings (SSSR count). The van der Waals surface area contributed by atoms with E-state index in [-0.39, 0.29) is 41.3 Å². The number of halogens is 1. The topological polar surface area (TPSA) is 180 Å². The number of nitrogens with one attached hydrogen (secondary N) is 2. The van der Waals surface area contributed by atoms with Crippen LogP contribution in [0.5, 0.6) is 0 Å². The van der Waals surface area contributed by atoms with Gasteiger partial charge in [0.05, 0.1) is 11.7 Å². The van der Waals surface area contributed by atoms with E-state index in [1.807, 2.05) is 34.1 Å². The summed E-state index contributed by atoms with van der Waals surface area (Å²) in [4.78, 5) is 67.4. The van der Waals surface area contributed by atoms with Gasteiger partial charge >= 0.3 is 12.1 Å². The van der Waals surface area contributed by atoms with Gasteiger partial charge in [-0.25, -0.2) is 14.0 Å². The molecule has 5 saturated heterocycles. The number of hydrogen-bond acceptors (Lipinski definition) is 12. The maximum atomic E-state index is 15.7. The van der Waals surface area contributed by atoms with Gasteiger partial charge in [0, 0.05) is 109 Å². The number of carbonyl (C=O) groups excluding carboxylic acids is 4. The molecular formula is C39H50FN13O4. The largest absolute Gasteiger partial charge is 0.372 e. The summed E-state index contributed by atoms with van der Waals surface area (Å²) in [6.07, 6.45) is 4.18. The molecule has 5 aliphatic heterocycles. The first-order chi connectivity index (χ1) is 27.6. The number of amides is 6. The van der Waals surface area contributed by atoms with Crippen molar-refractivity contribution in [3.63, 3.8) is 0 Å². The van der Waals surface area contributed by atoms with E-state index in [0.29, 0.717) is 75.5 Å². The molecule has 17 nitrogen and oxygen atoms in total. The summed E-state index contributed by atoms with van der Waals surface area (Å²) < 4.78 is 15.7. The van der Waals surface area contributed by atoms with Gasteiger partial charge in [-0.15, -0.1) is 10.2 Å². The van der Waals surface area contributed by atoms with Gasteiger partial charge in [0.15, 0.2) is 11.5 Å². The van der Waals surface area contributed by atoms with Crippen molar-refractivity contribution in [3.05, 3.63) is 54.0 Å². The van der Waals surface area contributed by atoms with Crippen molar-refractivity contribution >= 4 is 58.4 Å². The molecule has 0 radical (unpaired) electrons. The molecule has 6 amide bonds. The molecular weight excluding hydrogens is 734 g/mol. The van der Waals surface area contributed by atoms with Crippen LogP contribution in [-0.2, 0) is 4.79 Å². The van der Waals surface area contributed by atoms with Crippen LogP contribution in [0.4, 0.5) is 48.5 Å². The molecule has 302 valence electrons. The van der Waals surface area contributed by atoms with Crippen LogP contribution in [0.2, 0.25) is 0 Å². The van der Waals surface area contributed by atoms with Crippen molar-refractivity contribution in [2.24, 2.45) is 11.7 Å². The second kappa shape index (κ2) is 16.4. The Morgan fingerprint density at radius 3 is 2.30 bits per heavy atom. The van der Waals surface area contributed by atoms with Gasteiger partial charge in [0.25, 0.3) is 5.91 Å². The molecule has 1 unspecified atom stereocenters. The Morgan fingerprint density at radius 2 is 1.61 bits per heavy atom. The summed E-state index contributed by atoms with van der Waals surface area (Å²) in [6, 6.07) is 12.5. The number of nitrogens with two attached hydrogens (primary N) is 1.